The maximum atomic E-state index is 12.0. The molecular weight excluding hydrogens is 626 g/mol. The predicted molar refractivity (Wildman–Crippen MR) is 176 cm³/mol. The van der Waals surface area contributed by atoms with Crippen molar-refractivity contribution in [3.8, 4) is 0 Å². The van der Waals surface area contributed by atoms with Gasteiger partial charge in [-0.05, 0) is 6.42 Å². The minimum atomic E-state index is -4.07. The molecule has 0 saturated carbocycles. The molecule has 0 aromatic carbocycles. The van der Waals surface area contributed by atoms with Gasteiger partial charge in [-0.15, -0.1) is 0 Å². The Morgan fingerprint density at radius 2 is 1.02 bits per heavy atom. The van der Waals surface area contributed by atoms with E-state index in [1.54, 1.807) is 7.11 Å². The number of hydrogen-bond acceptors (Lipinski definition) is 6. The van der Waals surface area contributed by atoms with E-state index in [1.165, 1.54) is 96.3 Å². The fraction of sp³-hybridized carbons (Fsp3) is 1.00. The molecule has 44 heavy (non-hydrogen) atoms. The Kier molecular flexibility index (Phi) is 39.0. The van der Waals surface area contributed by atoms with Crippen molar-refractivity contribution in [2.24, 2.45) is 0 Å². The maximum Gasteiger partial charge on any atom is 0.472 e. The Balaban J connectivity index is -0.000000788. The molecule has 0 amide bonds. The first-order valence-electron chi connectivity index (χ1n) is 16.7. The highest BCUT2D eigenvalue weighted by molar-refractivity contribution is 7.47. The second-order valence-corrected chi connectivity index (χ2v) is 15.0. The lowest BCUT2D eigenvalue weighted by Gasteiger charge is -2.24. The summed E-state index contributed by atoms with van der Waals surface area (Å²) in [6.07, 6.45) is 21.2. The number of aliphatic hydroxyl groups is 1. The van der Waals surface area contributed by atoms with Gasteiger partial charge in [-0.25, -0.2) is 4.57 Å². The molecule has 0 aromatic rings. The summed E-state index contributed by atoms with van der Waals surface area (Å²) in [5.41, 5.74) is 0. The molecule has 0 rings (SSSR count). The van der Waals surface area contributed by atoms with Crippen LogP contribution in [-0.4, -0.2) is 121 Å². The zero-order valence-corrected chi connectivity index (χ0v) is 32.3. The number of nitrogens with zero attached hydrogens (tertiary/aromatic N) is 2. The number of likely N-dealkylation sites (N-methyl/N-ethyl adjacent to an activating group) is 2. The van der Waals surface area contributed by atoms with E-state index < -0.39 is 13.9 Å². The third kappa shape index (κ3) is 44.6. The molecule has 0 spiro atoms. The van der Waals surface area contributed by atoms with E-state index in [9.17, 15) is 9.46 Å². The topological polar surface area (TPSA) is 94.5 Å². The molecule has 9 nitrogen and oxygen atoms in total. The molecule has 0 radical (unpaired) electrons. The molecule has 2 atom stereocenters. The number of aliphatic hydroxyl groups excluding tert-OH is 1. The van der Waals surface area contributed by atoms with Crippen LogP contribution in [0.3, 0.4) is 0 Å². The lowest BCUT2D eigenvalue weighted by Crippen LogP contribution is -3.00. The molecular formula is C32H73Cl2N2O7P. The molecule has 272 valence electrons. The normalized spacial score (nSPS) is 13.7. The number of halogens is 2. The van der Waals surface area contributed by atoms with Crippen LogP contribution in [-0.2, 0) is 23.1 Å². The van der Waals surface area contributed by atoms with Crippen LogP contribution in [0.15, 0.2) is 0 Å². The van der Waals surface area contributed by atoms with Gasteiger partial charge in [0.2, 0.25) is 0 Å². The van der Waals surface area contributed by atoms with Crippen LogP contribution in [0.2, 0.25) is 0 Å². The first-order chi connectivity index (χ1) is 19.8. The van der Waals surface area contributed by atoms with Crippen molar-refractivity contribution in [3.63, 3.8) is 0 Å². The molecule has 2 N–H and O–H groups in total. The molecule has 0 aliphatic carbocycles. The molecule has 12 heteroatoms. The minimum Gasteiger partial charge on any atom is -1.00 e. The number of rotatable bonds is 29. The third-order valence-corrected chi connectivity index (χ3v) is 7.97. The molecule has 0 heterocycles. The van der Waals surface area contributed by atoms with Crippen molar-refractivity contribution in [2.45, 2.75) is 116 Å². The summed E-state index contributed by atoms with van der Waals surface area (Å²) in [5, 5.41) is 8.39. The Bertz CT molecular complexity index is 624. The van der Waals surface area contributed by atoms with Crippen LogP contribution in [0.5, 0.6) is 0 Å². The number of quaternary nitrogens is 2. The van der Waals surface area contributed by atoms with Gasteiger partial charge in [-0.2, -0.15) is 0 Å². The summed E-state index contributed by atoms with van der Waals surface area (Å²) in [7, 11) is 9.60. The van der Waals surface area contributed by atoms with Crippen LogP contribution in [0.4, 0.5) is 0 Å². The summed E-state index contributed by atoms with van der Waals surface area (Å²) in [4.78, 5) is 9.79. The largest absolute Gasteiger partial charge is 1.00 e. The Morgan fingerprint density at radius 1 is 0.614 bits per heavy atom. The van der Waals surface area contributed by atoms with Crippen molar-refractivity contribution in [2.75, 3.05) is 95.5 Å². The second-order valence-electron chi connectivity index (χ2n) is 13.6. The third-order valence-electron chi connectivity index (χ3n) is 6.99. The highest BCUT2D eigenvalue weighted by Gasteiger charge is 2.24. The number of unbranched alkanes of at least 4 members (excludes halogenated alkanes) is 15. The zero-order valence-electron chi connectivity index (χ0n) is 29.9. The lowest BCUT2D eigenvalue weighted by molar-refractivity contribution is -0.870. The predicted octanol–water partition coefficient (Wildman–Crippen LogP) is 0.812. The monoisotopic (exact) mass is 698 g/mol. The van der Waals surface area contributed by atoms with Gasteiger partial charge in [0.25, 0.3) is 0 Å². The van der Waals surface area contributed by atoms with Crippen LogP contribution in [0.25, 0.3) is 0 Å². The molecule has 0 aromatic heterocycles. The lowest BCUT2D eigenvalue weighted by atomic mass is 10.0. The molecule has 0 aliphatic rings. The second kappa shape index (κ2) is 33.4. The number of hydrogen-bond donors (Lipinski definition) is 2. The number of phosphoric ester groups is 1. The van der Waals surface area contributed by atoms with E-state index in [2.05, 4.69) is 28.1 Å². The van der Waals surface area contributed by atoms with Crippen LogP contribution in [0.1, 0.15) is 110 Å². The van der Waals surface area contributed by atoms with E-state index in [0.29, 0.717) is 24.2 Å². The van der Waals surface area contributed by atoms with Gasteiger partial charge < -0.3 is 53.3 Å². The maximum absolute atomic E-state index is 12.0. The van der Waals surface area contributed by atoms with Gasteiger partial charge in [0, 0.05) is 13.7 Å². The van der Waals surface area contributed by atoms with Crippen LogP contribution >= 0.6 is 7.82 Å². The smallest absolute Gasteiger partial charge is 0.472 e. The van der Waals surface area contributed by atoms with Gasteiger partial charge >= 0.3 is 7.82 Å². The van der Waals surface area contributed by atoms with Gasteiger partial charge in [-0.1, -0.05) is 103 Å². The number of methoxy groups -OCH3 is 1. The summed E-state index contributed by atoms with van der Waals surface area (Å²) in [6.45, 7) is 5.15. The van der Waals surface area contributed by atoms with Crippen molar-refractivity contribution < 1.29 is 66.9 Å². The van der Waals surface area contributed by atoms with Crippen molar-refractivity contribution in [1.29, 1.82) is 0 Å². The van der Waals surface area contributed by atoms with Gasteiger partial charge in [0.05, 0.1) is 62.1 Å². The SMILES string of the molecule is CCCCCCCCCCCCCCCCCCOCC(COP(=O)(O)OCC[N+](C)(C)C)OC.C[N+](C)(C)CCO.[Cl-].[Cl-]. The van der Waals surface area contributed by atoms with E-state index >= 15 is 0 Å². The first kappa shape index (κ1) is 51.3. The summed E-state index contributed by atoms with van der Waals surface area (Å²) in [5.74, 6) is 0. The van der Waals surface area contributed by atoms with Crippen molar-refractivity contribution in [1.82, 2.24) is 0 Å². The Hall–Kier alpha value is 0.490. The van der Waals surface area contributed by atoms with E-state index in [4.69, 9.17) is 23.6 Å². The summed E-state index contributed by atoms with van der Waals surface area (Å²) < 4.78 is 34.5. The minimum absolute atomic E-state index is 0. The molecule has 0 bridgehead atoms. The van der Waals surface area contributed by atoms with Gasteiger partial charge in [-0.3, -0.25) is 9.05 Å². The highest BCUT2D eigenvalue weighted by atomic mass is 35.5. The number of ether oxygens (including phenoxy) is 2. The molecule has 0 fully saturated rings. The average molecular weight is 700 g/mol. The zero-order chi connectivity index (χ0) is 32.2. The van der Waals surface area contributed by atoms with Crippen molar-refractivity contribution in [3.05, 3.63) is 0 Å². The molecule has 0 aliphatic heterocycles. The van der Waals surface area contributed by atoms with Crippen LogP contribution in [0, 0.1) is 0 Å². The fourth-order valence-corrected chi connectivity index (χ4v) is 4.84. The fourth-order valence-electron chi connectivity index (χ4n) is 4.10. The first-order valence-corrected chi connectivity index (χ1v) is 18.2. The van der Waals surface area contributed by atoms with Gasteiger partial charge in [0.1, 0.15) is 25.8 Å². The Morgan fingerprint density at radius 3 is 1.36 bits per heavy atom. The highest BCUT2D eigenvalue weighted by Crippen LogP contribution is 2.43. The van der Waals surface area contributed by atoms with Crippen LogP contribution < -0.4 is 24.8 Å². The van der Waals surface area contributed by atoms with E-state index in [1.807, 2.05) is 21.1 Å². The average Bonchev–Trinajstić information content (AvgIpc) is 2.88. The molecule has 2 unspecified atom stereocenters. The molecule has 0 saturated heterocycles. The van der Waals surface area contributed by atoms with Crippen molar-refractivity contribution >= 4 is 7.82 Å². The summed E-state index contributed by atoms with van der Waals surface area (Å²) in [6, 6.07) is 0. The standard InChI is InChI=1S/C27H58NO6P.C5H14NO.2ClH/c1-6-7-8-9-10-11-12-13-14-15-16-17-18-19-20-21-23-32-25-27(31-5)26-34-35(29,30)33-24-22-28(2,3)4;1-6(2,3)4-5-7;;/h27H,6-26H2,1-5H3;7H,4-5H2,1-3H3;2*1H/q;+1;;/p-1. The number of phosphoric acid groups is 1. The quantitative estimate of drug-likeness (QED) is 0.0679. The van der Waals surface area contributed by atoms with E-state index in [0.717, 1.165) is 17.4 Å². The van der Waals surface area contributed by atoms with E-state index in [-0.39, 0.29) is 44.6 Å². The Labute approximate surface area is 285 Å². The summed E-state index contributed by atoms with van der Waals surface area (Å²) >= 11 is 0. The van der Waals surface area contributed by atoms with Gasteiger partial charge in [0.15, 0.2) is 0 Å².